The lowest BCUT2D eigenvalue weighted by Crippen LogP contribution is -2.58. The number of nitrogens with zero attached hydrogens (tertiary/aromatic N) is 1. The topological polar surface area (TPSA) is 172 Å². The van der Waals surface area contributed by atoms with Gasteiger partial charge in [0.05, 0.1) is 25.9 Å². The molecule has 1 aromatic heterocycles. The van der Waals surface area contributed by atoms with Gasteiger partial charge >= 0.3 is 0 Å². The van der Waals surface area contributed by atoms with Gasteiger partial charge in [-0.05, 0) is 26.2 Å². The number of aliphatic hydroxyl groups excluding tert-OH is 1. The van der Waals surface area contributed by atoms with Crippen LogP contribution in [0.4, 0.5) is 0 Å². The van der Waals surface area contributed by atoms with Gasteiger partial charge in [-0.25, -0.2) is 0 Å². The van der Waals surface area contributed by atoms with E-state index in [0.29, 0.717) is 12.2 Å². The molecule has 1 saturated heterocycles. The fourth-order valence-electron chi connectivity index (χ4n) is 3.12. The van der Waals surface area contributed by atoms with Gasteiger partial charge in [-0.3, -0.25) is 19.2 Å². The van der Waals surface area contributed by atoms with Crippen LogP contribution in [0.3, 0.4) is 0 Å². The van der Waals surface area contributed by atoms with E-state index in [1.165, 1.54) is 13.2 Å². The first-order chi connectivity index (χ1) is 15.5. The van der Waals surface area contributed by atoms with E-state index in [1.54, 1.807) is 13.8 Å². The van der Waals surface area contributed by atoms with E-state index >= 15 is 0 Å². The normalized spacial score (nSPS) is 20.0. The molecule has 0 spiro atoms. The van der Waals surface area contributed by atoms with Crippen molar-refractivity contribution in [3.8, 4) is 0 Å². The molecule has 4 atom stereocenters. The summed E-state index contributed by atoms with van der Waals surface area (Å²) in [5.74, 6) is -1.91. The predicted molar refractivity (Wildman–Crippen MR) is 114 cm³/mol. The molecule has 1 aliphatic heterocycles. The smallest absolute Gasteiger partial charge is 0.274 e. The second-order valence-corrected chi connectivity index (χ2v) is 8.62. The molecule has 0 radical (unpaired) electrons. The number of epoxide rings is 1. The summed E-state index contributed by atoms with van der Waals surface area (Å²) in [5.41, 5.74) is -0.957. The SMILES string of the molecule is COCC(NC(=O)c1cc(C)on1)C(=O)NC(CO)C(=O)NC(CC(C)C)C(=O)C1(C)CO1. The lowest BCUT2D eigenvalue weighted by Gasteiger charge is -2.25. The van der Waals surface area contributed by atoms with E-state index < -0.39 is 48.1 Å². The number of amides is 3. The van der Waals surface area contributed by atoms with Crippen molar-refractivity contribution in [2.24, 2.45) is 5.92 Å². The van der Waals surface area contributed by atoms with Crippen LogP contribution in [0, 0.1) is 12.8 Å². The molecule has 1 fully saturated rings. The Hall–Kier alpha value is -2.83. The molecule has 0 aliphatic carbocycles. The molecular formula is C21H32N4O8. The third-order valence-electron chi connectivity index (χ3n) is 5.07. The maximum Gasteiger partial charge on any atom is 0.274 e. The van der Waals surface area contributed by atoms with Crippen molar-refractivity contribution in [2.45, 2.75) is 57.8 Å². The highest BCUT2D eigenvalue weighted by Gasteiger charge is 2.50. The van der Waals surface area contributed by atoms with Crippen molar-refractivity contribution in [1.29, 1.82) is 0 Å². The zero-order valence-electron chi connectivity index (χ0n) is 19.5. The molecule has 0 saturated carbocycles. The van der Waals surface area contributed by atoms with Crippen LogP contribution >= 0.6 is 0 Å². The molecule has 1 aliphatic rings. The first-order valence-electron chi connectivity index (χ1n) is 10.6. The van der Waals surface area contributed by atoms with Gasteiger partial charge in [-0.1, -0.05) is 19.0 Å². The minimum atomic E-state index is -1.35. The van der Waals surface area contributed by atoms with Gasteiger partial charge in [-0.15, -0.1) is 0 Å². The fraction of sp³-hybridized carbons (Fsp3) is 0.667. The van der Waals surface area contributed by atoms with Crippen LogP contribution in [0.5, 0.6) is 0 Å². The number of hydrogen-bond acceptors (Lipinski definition) is 9. The second-order valence-electron chi connectivity index (χ2n) is 8.62. The standard InChI is InChI=1S/C21H32N4O8/c1-11(2)6-13(17(27)21(4)10-32-21)22-19(29)15(8-26)23-20(30)16(9-31-5)24-18(28)14-7-12(3)33-25-14/h7,11,13,15-16,26H,6,8-10H2,1-5H3,(H,22,29)(H,23,30)(H,24,28). The lowest BCUT2D eigenvalue weighted by molar-refractivity contribution is -0.134. The molecule has 0 bridgehead atoms. The zero-order chi connectivity index (χ0) is 24.8. The van der Waals surface area contributed by atoms with Crippen molar-refractivity contribution in [3.05, 3.63) is 17.5 Å². The summed E-state index contributed by atoms with van der Waals surface area (Å²) in [6.45, 7) is 6.43. The summed E-state index contributed by atoms with van der Waals surface area (Å²) in [4.78, 5) is 50.5. The number of Topliss-reactive ketones (excluding diaryl/α,β-unsaturated/α-hetero) is 1. The Morgan fingerprint density at radius 3 is 2.24 bits per heavy atom. The van der Waals surface area contributed by atoms with E-state index in [0.717, 1.165) is 0 Å². The van der Waals surface area contributed by atoms with Crippen LogP contribution in [0.15, 0.2) is 10.6 Å². The van der Waals surface area contributed by atoms with E-state index in [9.17, 15) is 24.3 Å². The highest BCUT2D eigenvalue weighted by molar-refractivity contribution is 5.99. The number of carbonyl (C=O) groups is 4. The third-order valence-corrected chi connectivity index (χ3v) is 5.07. The number of hydrogen-bond donors (Lipinski definition) is 4. The van der Waals surface area contributed by atoms with Crippen molar-refractivity contribution in [3.63, 3.8) is 0 Å². The molecule has 12 heteroatoms. The van der Waals surface area contributed by atoms with Crippen LogP contribution < -0.4 is 16.0 Å². The highest BCUT2D eigenvalue weighted by atomic mass is 16.6. The molecular weight excluding hydrogens is 436 g/mol. The number of ether oxygens (including phenoxy) is 2. The van der Waals surface area contributed by atoms with Crippen LogP contribution in [0.2, 0.25) is 0 Å². The van der Waals surface area contributed by atoms with Gasteiger partial charge < -0.3 is 35.1 Å². The van der Waals surface area contributed by atoms with Crippen molar-refractivity contribution < 1.29 is 38.3 Å². The molecule has 2 rings (SSSR count). The summed E-state index contributed by atoms with van der Waals surface area (Å²) < 4.78 is 15.0. The van der Waals surface area contributed by atoms with Gasteiger partial charge in [0.2, 0.25) is 11.8 Å². The van der Waals surface area contributed by atoms with Crippen LogP contribution in [0.25, 0.3) is 0 Å². The van der Waals surface area contributed by atoms with Crippen molar-refractivity contribution >= 4 is 23.5 Å². The van der Waals surface area contributed by atoms with Crippen molar-refractivity contribution in [1.82, 2.24) is 21.1 Å². The quantitative estimate of drug-likeness (QED) is 0.267. The third kappa shape index (κ3) is 7.34. The largest absolute Gasteiger partial charge is 0.394 e. The van der Waals surface area contributed by atoms with Crippen molar-refractivity contribution in [2.75, 3.05) is 26.9 Å². The van der Waals surface area contributed by atoms with Gasteiger partial charge in [0.15, 0.2) is 11.5 Å². The molecule has 33 heavy (non-hydrogen) atoms. The molecule has 184 valence electrons. The Labute approximate surface area is 191 Å². The lowest BCUT2D eigenvalue weighted by atomic mass is 9.93. The predicted octanol–water partition coefficient (Wildman–Crippen LogP) is -0.906. The first-order valence-corrected chi connectivity index (χ1v) is 10.6. The molecule has 1 aromatic rings. The van der Waals surface area contributed by atoms with E-state index in [1.807, 2.05) is 13.8 Å². The monoisotopic (exact) mass is 468 g/mol. The van der Waals surface area contributed by atoms with Gasteiger partial charge in [0.1, 0.15) is 23.4 Å². The molecule has 12 nitrogen and oxygen atoms in total. The minimum Gasteiger partial charge on any atom is -0.394 e. The number of rotatable bonds is 13. The maximum atomic E-state index is 12.8. The Morgan fingerprint density at radius 2 is 1.76 bits per heavy atom. The van der Waals surface area contributed by atoms with Crippen LogP contribution in [0.1, 0.15) is 43.4 Å². The number of nitrogens with one attached hydrogen (secondary N) is 3. The van der Waals surface area contributed by atoms with Gasteiger partial charge in [0, 0.05) is 13.2 Å². The number of aliphatic hydroxyl groups is 1. The van der Waals surface area contributed by atoms with Gasteiger partial charge in [0.25, 0.3) is 5.91 Å². The number of ketones is 1. The van der Waals surface area contributed by atoms with Crippen LogP contribution in [-0.2, 0) is 23.9 Å². The zero-order valence-corrected chi connectivity index (χ0v) is 19.5. The molecule has 2 heterocycles. The van der Waals surface area contributed by atoms with Gasteiger partial charge in [-0.2, -0.15) is 0 Å². The van der Waals surface area contributed by atoms with E-state index in [-0.39, 0.29) is 30.6 Å². The summed E-state index contributed by atoms with van der Waals surface area (Å²) in [5, 5.41) is 20.7. The Bertz CT molecular complexity index is 864. The molecule has 4 N–H and O–H groups in total. The summed E-state index contributed by atoms with van der Waals surface area (Å²) in [6.07, 6.45) is 0.370. The summed E-state index contributed by atoms with van der Waals surface area (Å²) in [7, 11) is 1.34. The number of aromatic nitrogens is 1. The van der Waals surface area contributed by atoms with E-state index in [2.05, 4.69) is 21.1 Å². The fourth-order valence-corrected chi connectivity index (χ4v) is 3.12. The number of methoxy groups -OCH3 is 1. The molecule has 3 amide bonds. The Morgan fingerprint density at radius 1 is 1.15 bits per heavy atom. The Kier molecular flexibility index (Phi) is 9.08. The summed E-state index contributed by atoms with van der Waals surface area (Å²) >= 11 is 0. The molecule has 0 aromatic carbocycles. The highest BCUT2D eigenvalue weighted by Crippen LogP contribution is 2.29. The number of aryl methyl sites for hydroxylation is 1. The second kappa shape index (κ2) is 11.3. The van der Waals surface area contributed by atoms with Crippen LogP contribution in [-0.4, -0.2) is 84.4 Å². The first kappa shape index (κ1) is 26.4. The average Bonchev–Trinajstić information content (AvgIpc) is 3.35. The molecule has 4 unspecified atom stereocenters. The number of carbonyl (C=O) groups excluding carboxylic acids is 4. The van der Waals surface area contributed by atoms with E-state index in [4.69, 9.17) is 14.0 Å². The average molecular weight is 469 g/mol. The summed E-state index contributed by atoms with van der Waals surface area (Å²) in [6, 6.07) is -1.95. The maximum absolute atomic E-state index is 12.8. The minimum absolute atomic E-state index is 0.0244. The Balaban J connectivity index is 2.04.